The van der Waals surface area contributed by atoms with Crippen molar-refractivity contribution in [2.75, 3.05) is 20.3 Å². The minimum absolute atomic E-state index is 0.216. The maximum absolute atomic E-state index is 11.0. The zero-order chi connectivity index (χ0) is 11.1. The van der Waals surface area contributed by atoms with Crippen molar-refractivity contribution in [1.82, 2.24) is 15.0 Å². The lowest BCUT2D eigenvalue weighted by Crippen LogP contribution is -2.07. The molecule has 0 amide bonds. The Bertz CT molecular complexity index is 311. The molecule has 0 spiro atoms. The molecule has 6 heteroatoms. The van der Waals surface area contributed by atoms with Gasteiger partial charge in [0.15, 0.2) is 5.69 Å². The summed E-state index contributed by atoms with van der Waals surface area (Å²) in [5.41, 5.74) is 0.216. The summed E-state index contributed by atoms with van der Waals surface area (Å²) in [7, 11) is 1.31. The SMILES string of the molecule is CCCOCCn1cc(C(=O)OC)nn1. The smallest absolute Gasteiger partial charge is 0.360 e. The standard InChI is InChI=1S/C9H15N3O3/c1-3-5-15-6-4-12-7-8(10-11-12)9(13)14-2/h7H,3-6H2,1-2H3. The van der Waals surface area contributed by atoms with Crippen LogP contribution in [-0.2, 0) is 16.0 Å². The second-order valence-corrected chi connectivity index (χ2v) is 2.97. The molecular formula is C9H15N3O3. The summed E-state index contributed by atoms with van der Waals surface area (Å²) < 4.78 is 11.3. The Kier molecular flexibility index (Phi) is 4.76. The van der Waals surface area contributed by atoms with Crippen LogP contribution in [-0.4, -0.2) is 41.3 Å². The summed E-state index contributed by atoms with van der Waals surface area (Å²) in [6.45, 7) is 3.94. The van der Waals surface area contributed by atoms with E-state index in [0.717, 1.165) is 13.0 Å². The van der Waals surface area contributed by atoms with Crippen LogP contribution in [0.2, 0.25) is 0 Å². The van der Waals surface area contributed by atoms with Gasteiger partial charge in [0.05, 0.1) is 26.5 Å². The third-order valence-electron chi connectivity index (χ3n) is 1.75. The number of carbonyl (C=O) groups is 1. The number of hydrogen-bond acceptors (Lipinski definition) is 5. The second-order valence-electron chi connectivity index (χ2n) is 2.97. The molecule has 1 aromatic rings. The van der Waals surface area contributed by atoms with Gasteiger partial charge in [-0.2, -0.15) is 0 Å². The van der Waals surface area contributed by atoms with Crippen LogP contribution >= 0.6 is 0 Å². The van der Waals surface area contributed by atoms with Crippen LogP contribution < -0.4 is 0 Å². The zero-order valence-corrected chi connectivity index (χ0v) is 8.97. The molecule has 0 bridgehead atoms. The van der Waals surface area contributed by atoms with Gasteiger partial charge in [0.2, 0.25) is 0 Å². The molecule has 1 rings (SSSR count). The third kappa shape index (κ3) is 3.67. The summed E-state index contributed by atoms with van der Waals surface area (Å²) in [5.74, 6) is -0.476. The van der Waals surface area contributed by atoms with Crippen LogP contribution in [0.4, 0.5) is 0 Å². The molecule has 0 radical (unpaired) electrons. The first-order chi connectivity index (χ1) is 7.27. The molecule has 1 heterocycles. The first-order valence-electron chi connectivity index (χ1n) is 4.84. The fraction of sp³-hybridized carbons (Fsp3) is 0.667. The van der Waals surface area contributed by atoms with Crippen LogP contribution in [0.3, 0.4) is 0 Å². The van der Waals surface area contributed by atoms with E-state index < -0.39 is 5.97 Å². The number of rotatable bonds is 6. The average Bonchev–Trinajstić information content (AvgIpc) is 2.72. The van der Waals surface area contributed by atoms with E-state index in [2.05, 4.69) is 15.0 Å². The Morgan fingerprint density at radius 2 is 2.33 bits per heavy atom. The van der Waals surface area contributed by atoms with Crippen LogP contribution in [0.1, 0.15) is 23.8 Å². The van der Waals surface area contributed by atoms with Crippen molar-refractivity contribution in [2.24, 2.45) is 0 Å². The van der Waals surface area contributed by atoms with E-state index in [1.54, 1.807) is 10.9 Å². The molecule has 0 aliphatic rings. The molecule has 0 unspecified atom stereocenters. The quantitative estimate of drug-likeness (QED) is 0.508. The highest BCUT2D eigenvalue weighted by Crippen LogP contribution is 1.95. The van der Waals surface area contributed by atoms with Gasteiger partial charge in [-0.1, -0.05) is 12.1 Å². The maximum Gasteiger partial charge on any atom is 0.360 e. The molecule has 84 valence electrons. The Labute approximate surface area is 88.2 Å². The lowest BCUT2D eigenvalue weighted by Gasteiger charge is -2.00. The van der Waals surface area contributed by atoms with Crippen LogP contribution in [0.15, 0.2) is 6.20 Å². The molecule has 0 saturated carbocycles. The lowest BCUT2D eigenvalue weighted by molar-refractivity contribution is 0.0594. The van der Waals surface area contributed by atoms with Crippen molar-refractivity contribution in [3.63, 3.8) is 0 Å². The molecule has 6 nitrogen and oxygen atoms in total. The lowest BCUT2D eigenvalue weighted by atomic mass is 10.5. The van der Waals surface area contributed by atoms with Crippen molar-refractivity contribution < 1.29 is 14.3 Å². The number of carbonyl (C=O) groups excluding carboxylic acids is 1. The maximum atomic E-state index is 11.0. The molecule has 0 fully saturated rings. The van der Waals surface area contributed by atoms with Gasteiger partial charge < -0.3 is 9.47 Å². The highest BCUT2D eigenvalue weighted by Gasteiger charge is 2.09. The van der Waals surface area contributed by atoms with E-state index in [1.165, 1.54) is 7.11 Å². The average molecular weight is 213 g/mol. The second kappa shape index (κ2) is 6.13. The van der Waals surface area contributed by atoms with Crippen molar-refractivity contribution >= 4 is 5.97 Å². The fourth-order valence-corrected chi connectivity index (χ4v) is 1.01. The summed E-state index contributed by atoms with van der Waals surface area (Å²) in [5, 5.41) is 7.44. The Morgan fingerprint density at radius 3 is 3.00 bits per heavy atom. The topological polar surface area (TPSA) is 66.2 Å². The summed E-state index contributed by atoms with van der Waals surface area (Å²) in [6, 6.07) is 0. The number of hydrogen-bond donors (Lipinski definition) is 0. The van der Waals surface area contributed by atoms with Crippen molar-refractivity contribution in [3.05, 3.63) is 11.9 Å². The molecule has 1 aromatic heterocycles. The zero-order valence-electron chi connectivity index (χ0n) is 8.97. The monoisotopic (exact) mass is 213 g/mol. The number of nitrogens with zero attached hydrogens (tertiary/aromatic N) is 3. The van der Waals surface area contributed by atoms with Gasteiger partial charge in [-0.05, 0) is 6.42 Å². The number of ether oxygens (including phenoxy) is 2. The first kappa shape index (κ1) is 11.6. The van der Waals surface area contributed by atoms with E-state index in [4.69, 9.17) is 4.74 Å². The predicted molar refractivity (Wildman–Crippen MR) is 52.5 cm³/mol. The largest absolute Gasteiger partial charge is 0.464 e. The Balaban J connectivity index is 2.36. The van der Waals surface area contributed by atoms with E-state index in [0.29, 0.717) is 13.2 Å². The van der Waals surface area contributed by atoms with E-state index in [1.807, 2.05) is 6.92 Å². The van der Waals surface area contributed by atoms with Gasteiger partial charge in [0.1, 0.15) is 0 Å². The van der Waals surface area contributed by atoms with E-state index in [9.17, 15) is 4.79 Å². The minimum Gasteiger partial charge on any atom is -0.464 e. The molecule has 0 N–H and O–H groups in total. The molecule has 0 saturated heterocycles. The molecular weight excluding hydrogens is 198 g/mol. The summed E-state index contributed by atoms with van der Waals surface area (Å²) in [6.07, 6.45) is 2.53. The highest BCUT2D eigenvalue weighted by atomic mass is 16.5. The first-order valence-corrected chi connectivity index (χ1v) is 4.84. The van der Waals surface area contributed by atoms with Crippen molar-refractivity contribution in [3.8, 4) is 0 Å². The van der Waals surface area contributed by atoms with Crippen LogP contribution in [0.5, 0.6) is 0 Å². The van der Waals surface area contributed by atoms with Gasteiger partial charge in [-0.15, -0.1) is 5.10 Å². The molecule has 0 atom stereocenters. The molecule has 0 aliphatic heterocycles. The summed E-state index contributed by atoms with van der Waals surface area (Å²) >= 11 is 0. The fourth-order valence-electron chi connectivity index (χ4n) is 1.01. The van der Waals surface area contributed by atoms with Crippen molar-refractivity contribution in [2.45, 2.75) is 19.9 Å². The predicted octanol–water partition coefficient (Wildman–Crippen LogP) is 0.491. The van der Waals surface area contributed by atoms with E-state index >= 15 is 0 Å². The number of methoxy groups -OCH3 is 1. The van der Waals surface area contributed by atoms with Crippen LogP contribution in [0, 0.1) is 0 Å². The van der Waals surface area contributed by atoms with Gasteiger partial charge in [0, 0.05) is 6.61 Å². The Hall–Kier alpha value is -1.43. The molecule has 15 heavy (non-hydrogen) atoms. The Morgan fingerprint density at radius 1 is 1.53 bits per heavy atom. The van der Waals surface area contributed by atoms with Gasteiger partial charge in [-0.25, -0.2) is 9.48 Å². The number of aromatic nitrogens is 3. The minimum atomic E-state index is -0.476. The number of esters is 1. The van der Waals surface area contributed by atoms with Gasteiger partial charge >= 0.3 is 5.97 Å². The van der Waals surface area contributed by atoms with Crippen molar-refractivity contribution in [1.29, 1.82) is 0 Å². The van der Waals surface area contributed by atoms with E-state index in [-0.39, 0.29) is 5.69 Å². The normalized spacial score (nSPS) is 10.3. The molecule has 0 aliphatic carbocycles. The third-order valence-corrected chi connectivity index (χ3v) is 1.75. The van der Waals surface area contributed by atoms with Gasteiger partial charge in [0.25, 0.3) is 0 Å². The van der Waals surface area contributed by atoms with Gasteiger partial charge in [-0.3, -0.25) is 0 Å². The summed E-state index contributed by atoms with van der Waals surface area (Å²) in [4.78, 5) is 11.0. The highest BCUT2D eigenvalue weighted by molar-refractivity contribution is 5.86. The van der Waals surface area contributed by atoms with Crippen LogP contribution in [0.25, 0.3) is 0 Å². The molecule has 0 aromatic carbocycles.